The highest BCUT2D eigenvalue weighted by Gasteiger charge is 2.18. The molecule has 5 heteroatoms. The van der Waals surface area contributed by atoms with Crippen molar-refractivity contribution in [3.8, 4) is 0 Å². The van der Waals surface area contributed by atoms with Gasteiger partial charge >= 0.3 is 0 Å². The molecule has 126 valence electrons. The molecule has 0 atom stereocenters. The van der Waals surface area contributed by atoms with Crippen molar-refractivity contribution in [2.75, 3.05) is 16.8 Å². The lowest BCUT2D eigenvalue weighted by Gasteiger charge is -2.29. The van der Waals surface area contributed by atoms with Gasteiger partial charge in [0.25, 0.3) is 0 Å². The number of halogens is 1. The number of aromatic nitrogens is 2. The fraction of sp³-hybridized carbons (Fsp3) is 0.200. The van der Waals surface area contributed by atoms with Gasteiger partial charge in [-0.25, -0.2) is 4.98 Å². The van der Waals surface area contributed by atoms with E-state index in [0.29, 0.717) is 0 Å². The molecule has 4 nitrogen and oxygen atoms in total. The van der Waals surface area contributed by atoms with E-state index in [4.69, 9.17) is 4.98 Å². The Bertz CT molecular complexity index is 910. The second kappa shape index (κ2) is 6.84. The van der Waals surface area contributed by atoms with Crippen molar-refractivity contribution in [2.45, 2.75) is 19.9 Å². The molecule has 0 fully saturated rings. The van der Waals surface area contributed by atoms with Gasteiger partial charge in [0.2, 0.25) is 5.95 Å². The summed E-state index contributed by atoms with van der Waals surface area (Å²) in [6.07, 6.45) is 2.84. The molecule has 3 aromatic rings. The van der Waals surface area contributed by atoms with Gasteiger partial charge in [-0.15, -0.1) is 0 Å². The minimum Gasteiger partial charge on any atom is -0.339 e. The van der Waals surface area contributed by atoms with Gasteiger partial charge in [0, 0.05) is 23.8 Å². The van der Waals surface area contributed by atoms with E-state index in [2.05, 4.69) is 80.5 Å². The molecule has 0 aliphatic carbocycles. The van der Waals surface area contributed by atoms with Crippen molar-refractivity contribution in [2.24, 2.45) is 0 Å². The first-order chi connectivity index (χ1) is 12.2. The number of fused-ring (bicyclic) bond motifs is 1. The van der Waals surface area contributed by atoms with Gasteiger partial charge in [-0.2, -0.15) is 4.98 Å². The number of hydrogen-bond acceptors (Lipinski definition) is 4. The molecule has 0 unspecified atom stereocenters. The molecule has 1 aliphatic heterocycles. The summed E-state index contributed by atoms with van der Waals surface area (Å²) in [5.74, 6) is 1.57. The van der Waals surface area contributed by atoms with Crippen molar-refractivity contribution in [3.63, 3.8) is 0 Å². The first-order valence-electron chi connectivity index (χ1n) is 8.37. The summed E-state index contributed by atoms with van der Waals surface area (Å²) in [6.45, 7) is 3.87. The molecule has 0 saturated heterocycles. The number of nitrogens with one attached hydrogen (secondary N) is 1. The minimum atomic E-state index is 0.766. The summed E-state index contributed by atoms with van der Waals surface area (Å²) in [6, 6.07) is 16.7. The number of benzene rings is 2. The summed E-state index contributed by atoms with van der Waals surface area (Å²) in [5, 5.41) is 3.37. The molecule has 25 heavy (non-hydrogen) atoms. The Kier molecular flexibility index (Phi) is 4.40. The lowest BCUT2D eigenvalue weighted by atomic mass is 10.0. The van der Waals surface area contributed by atoms with Gasteiger partial charge in [-0.1, -0.05) is 30.3 Å². The fourth-order valence-electron chi connectivity index (χ4n) is 3.10. The SMILES string of the molecule is Cc1ccc(Nc2ccnc(N3CCc4ccccc4C3)n2)c(Br)c1. The van der Waals surface area contributed by atoms with Crippen molar-refractivity contribution in [1.82, 2.24) is 9.97 Å². The third-order valence-corrected chi connectivity index (χ3v) is 5.10. The van der Waals surface area contributed by atoms with Gasteiger partial charge in [-0.05, 0) is 64.2 Å². The molecule has 0 bridgehead atoms. The average Bonchev–Trinajstić information content (AvgIpc) is 2.64. The van der Waals surface area contributed by atoms with Crippen LogP contribution in [0, 0.1) is 6.92 Å². The van der Waals surface area contributed by atoms with E-state index in [9.17, 15) is 0 Å². The maximum absolute atomic E-state index is 4.71. The molecule has 1 N–H and O–H groups in total. The normalized spacial score (nSPS) is 13.4. The highest BCUT2D eigenvalue weighted by atomic mass is 79.9. The summed E-state index contributed by atoms with van der Waals surface area (Å²) in [4.78, 5) is 11.4. The van der Waals surface area contributed by atoms with Gasteiger partial charge in [-0.3, -0.25) is 0 Å². The van der Waals surface area contributed by atoms with E-state index in [1.54, 1.807) is 0 Å². The molecule has 4 rings (SSSR count). The van der Waals surface area contributed by atoms with E-state index in [-0.39, 0.29) is 0 Å². The van der Waals surface area contributed by atoms with Crippen molar-refractivity contribution in [1.29, 1.82) is 0 Å². The zero-order valence-electron chi connectivity index (χ0n) is 14.0. The van der Waals surface area contributed by atoms with Crippen LogP contribution in [0.5, 0.6) is 0 Å². The third kappa shape index (κ3) is 3.51. The van der Waals surface area contributed by atoms with Gasteiger partial charge in [0.1, 0.15) is 5.82 Å². The van der Waals surface area contributed by atoms with E-state index in [1.807, 2.05) is 12.3 Å². The predicted molar refractivity (Wildman–Crippen MR) is 105 cm³/mol. The highest BCUT2D eigenvalue weighted by Crippen LogP contribution is 2.27. The van der Waals surface area contributed by atoms with Crippen LogP contribution in [-0.2, 0) is 13.0 Å². The standard InChI is InChI=1S/C20H19BrN4/c1-14-6-7-18(17(21)12-14)23-19-8-10-22-20(24-19)25-11-9-15-4-2-3-5-16(15)13-25/h2-8,10,12H,9,11,13H2,1H3,(H,22,23,24). The summed E-state index contributed by atoms with van der Waals surface area (Å²) in [7, 11) is 0. The second-order valence-corrected chi connectivity index (χ2v) is 7.14. The highest BCUT2D eigenvalue weighted by molar-refractivity contribution is 9.10. The Morgan fingerprint density at radius 2 is 1.92 bits per heavy atom. The quantitative estimate of drug-likeness (QED) is 0.688. The number of anilines is 3. The molecule has 1 aromatic heterocycles. The predicted octanol–water partition coefficient (Wildman–Crippen LogP) is 4.85. The summed E-state index contributed by atoms with van der Waals surface area (Å²) >= 11 is 3.60. The topological polar surface area (TPSA) is 41.1 Å². The zero-order chi connectivity index (χ0) is 17.2. The first kappa shape index (κ1) is 16.1. The monoisotopic (exact) mass is 394 g/mol. The Balaban J connectivity index is 1.56. The smallest absolute Gasteiger partial charge is 0.227 e. The average molecular weight is 395 g/mol. The van der Waals surface area contributed by atoms with Gasteiger partial charge in [0.15, 0.2) is 0 Å². The molecule has 1 aliphatic rings. The molecule has 2 aromatic carbocycles. The molecule has 0 radical (unpaired) electrons. The maximum atomic E-state index is 4.71. The molecule has 0 saturated carbocycles. The van der Waals surface area contributed by atoms with Crippen LogP contribution in [-0.4, -0.2) is 16.5 Å². The Hall–Kier alpha value is -2.40. The molecule has 0 spiro atoms. The summed E-state index contributed by atoms with van der Waals surface area (Å²) < 4.78 is 1.03. The minimum absolute atomic E-state index is 0.766. The van der Waals surface area contributed by atoms with Crippen LogP contribution in [0.2, 0.25) is 0 Å². The van der Waals surface area contributed by atoms with Crippen molar-refractivity contribution in [3.05, 3.63) is 75.9 Å². The van der Waals surface area contributed by atoms with Crippen LogP contribution in [0.4, 0.5) is 17.5 Å². The van der Waals surface area contributed by atoms with Crippen LogP contribution >= 0.6 is 15.9 Å². The Morgan fingerprint density at radius 3 is 2.76 bits per heavy atom. The Morgan fingerprint density at radius 1 is 1.08 bits per heavy atom. The van der Waals surface area contributed by atoms with Crippen LogP contribution < -0.4 is 10.2 Å². The van der Waals surface area contributed by atoms with Crippen LogP contribution in [0.3, 0.4) is 0 Å². The lowest BCUT2D eigenvalue weighted by Crippen LogP contribution is -2.31. The van der Waals surface area contributed by atoms with Crippen LogP contribution in [0.25, 0.3) is 0 Å². The largest absolute Gasteiger partial charge is 0.339 e. The third-order valence-electron chi connectivity index (χ3n) is 4.44. The van der Waals surface area contributed by atoms with Crippen LogP contribution in [0.15, 0.2) is 59.2 Å². The lowest BCUT2D eigenvalue weighted by molar-refractivity contribution is 0.708. The molecular weight excluding hydrogens is 376 g/mol. The van der Waals surface area contributed by atoms with Crippen molar-refractivity contribution >= 4 is 33.4 Å². The van der Waals surface area contributed by atoms with E-state index in [0.717, 1.165) is 41.4 Å². The Labute approximate surface area is 156 Å². The second-order valence-electron chi connectivity index (χ2n) is 6.29. The maximum Gasteiger partial charge on any atom is 0.227 e. The molecule has 2 heterocycles. The van der Waals surface area contributed by atoms with E-state index in [1.165, 1.54) is 16.7 Å². The van der Waals surface area contributed by atoms with Gasteiger partial charge < -0.3 is 10.2 Å². The number of nitrogens with zero attached hydrogens (tertiary/aromatic N) is 3. The number of hydrogen-bond donors (Lipinski definition) is 1. The number of rotatable bonds is 3. The fourth-order valence-corrected chi connectivity index (χ4v) is 3.69. The van der Waals surface area contributed by atoms with Crippen LogP contribution in [0.1, 0.15) is 16.7 Å². The first-order valence-corrected chi connectivity index (χ1v) is 9.16. The summed E-state index contributed by atoms with van der Waals surface area (Å²) in [5.41, 5.74) is 5.00. The van der Waals surface area contributed by atoms with E-state index < -0.39 is 0 Å². The van der Waals surface area contributed by atoms with E-state index >= 15 is 0 Å². The molecule has 0 amide bonds. The molecular formula is C20H19BrN4. The van der Waals surface area contributed by atoms with Gasteiger partial charge in [0.05, 0.1) is 5.69 Å². The number of aryl methyl sites for hydroxylation is 1. The van der Waals surface area contributed by atoms with Crippen molar-refractivity contribution < 1.29 is 0 Å². The zero-order valence-corrected chi connectivity index (χ0v) is 15.6.